The van der Waals surface area contributed by atoms with Crippen molar-refractivity contribution in [3.05, 3.63) is 10.7 Å². The molecular weight excluding hydrogens is 218 g/mol. The molecule has 1 aliphatic carbocycles. The third-order valence-electron chi connectivity index (χ3n) is 2.41. The summed E-state index contributed by atoms with van der Waals surface area (Å²) in [6.07, 6.45) is 7.11. The maximum absolute atomic E-state index is 5.63. The Labute approximate surface area is 80.1 Å². The summed E-state index contributed by atoms with van der Waals surface area (Å²) in [5.74, 6) is 0.599. The highest BCUT2D eigenvalue weighted by Crippen LogP contribution is 2.30. The van der Waals surface area contributed by atoms with E-state index in [2.05, 4.69) is 21.0 Å². The fourth-order valence-corrected chi connectivity index (χ4v) is 2.03. The van der Waals surface area contributed by atoms with Crippen LogP contribution in [0.3, 0.4) is 0 Å². The van der Waals surface area contributed by atoms with Gasteiger partial charge in [-0.3, -0.25) is 4.68 Å². The van der Waals surface area contributed by atoms with Gasteiger partial charge in [-0.15, -0.1) is 0 Å². The Kier molecular flexibility index (Phi) is 2.09. The first kappa shape index (κ1) is 8.10. The summed E-state index contributed by atoms with van der Waals surface area (Å²) in [7, 11) is 0. The van der Waals surface area contributed by atoms with Crippen molar-refractivity contribution in [2.45, 2.75) is 31.7 Å². The number of anilines is 1. The van der Waals surface area contributed by atoms with Crippen molar-refractivity contribution >= 4 is 21.7 Å². The standard InChI is InChI=1S/C8H12BrN3/c9-7-5-12(11-8(7)10)6-3-1-2-4-6/h5-6H,1-4H2,(H2,10,11). The van der Waals surface area contributed by atoms with Gasteiger partial charge < -0.3 is 5.73 Å². The van der Waals surface area contributed by atoms with Crippen LogP contribution in [0.2, 0.25) is 0 Å². The number of nitrogens with two attached hydrogens (primary N) is 1. The van der Waals surface area contributed by atoms with E-state index >= 15 is 0 Å². The Bertz CT molecular complexity index is 256. The molecule has 0 aromatic carbocycles. The molecule has 1 fully saturated rings. The van der Waals surface area contributed by atoms with E-state index < -0.39 is 0 Å². The minimum atomic E-state index is 0.582. The molecule has 1 aliphatic rings. The van der Waals surface area contributed by atoms with E-state index in [1.807, 2.05) is 10.9 Å². The van der Waals surface area contributed by atoms with Gasteiger partial charge in [-0.1, -0.05) is 12.8 Å². The van der Waals surface area contributed by atoms with Crippen LogP contribution < -0.4 is 5.73 Å². The Balaban J connectivity index is 2.21. The number of hydrogen-bond donors (Lipinski definition) is 1. The van der Waals surface area contributed by atoms with Gasteiger partial charge in [-0.2, -0.15) is 5.10 Å². The first-order valence-electron chi connectivity index (χ1n) is 4.27. The Hall–Kier alpha value is -0.510. The average Bonchev–Trinajstić information content (AvgIpc) is 2.61. The zero-order valence-corrected chi connectivity index (χ0v) is 8.42. The quantitative estimate of drug-likeness (QED) is 0.804. The van der Waals surface area contributed by atoms with Crippen LogP contribution in [-0.4, -0.2) is 9.78 Å². The summed E-state index contributed by atoms with van der Waals surface area (Å²) in [5.41, 5.74) is 5.63. The lowest BCUT2D eigenvalue weighted by molar-refractivity contribution is 0.468. The van der Waals surface area contributed by atoms with Crippen molar-refractivity contribution in [2.24, 2.45) is 0 Å². The number of hydrogen-bond acceptors (Lipinski definition) is 2. The van der Waals surface area contributed by atoms with Crippen molar-refractivity contribution in [1.82, 2.24) is 9.78 Å². The average molecular weight is 230 g/mol. The summed E-state index contributed by atoms with van der Waals surface area (Å²) in [6.45, 7) is 0. The minimum Gasteiger partial charge on any atom is -0.381 e. The molecule has 0 atom stereocenters. The van der Waals surface area contributed by atoms with Gasteiger partial charge in [0.25, 0.3) is 0 Å². The van der Waals surface area contributed by atoms with E-state index in [0.29, 0.717) is 11.9 Å². The number of nitrogen functional groups attached to an aromatic ring is 1. The molecule has 1 saturated carbocycles. The summed E-state index contributed by atoms with van der Waals surface area (Å²) >= 11 is 3.35. The van der Waals surface area contributed by atoms with Crippen LogP contribution in [-0.2, 0) is 0 Å². The van der Waals surface area contributed by atoms with Crippen molar-refractivity contribution in [3.63, 3.8) is 0 Å². The first-order valence-corrected chi connectivity index (χ1v) is 5.07. The Morgan fingerprint density at radius 2 is 2.17 bits per heavy atom. The lowest BCUT2D eigenvalue weighted by atomic mass is 10.3. The zero-order chi connectivity index (χ0) is 8.55. The maximum Gasteiger partial charge on any atom is 0.159 e. The Morgan fingerprint density at radius 3 is 2.67 bits per heavy atom. The molecule has 1 aromatic rings. The molecule has 3 nitrogen and oxygen atoms in total. The monoisotopic (exact) mass is 229 g/mol. The van der Waals surface area contributed by atoms with Gasteiger partial charge in [0.05, 0.1) is 10.5 Å². The third-order valence-corrected chi connectivity index (χ3v) is 3.02. The molecule has 4 heteroatoms. The van der Waals surface area contributed by atoms with Crippen molar-refractivity contribution in [3.8, 4) is 0 Å². The summed E-state index contributed by atoms with van der Waals surface area (Å²) < 4.78 is 2.90. The highest BCUT2D eigenvalue weighted by molar-refractivity contribution is 9.10. The molecular formula is C8H12BrN3. The van der Waals surface area contributed by atoms with E-state index in [1.54, 1.807) is 0 Å². The molecule has 0 amide bonds. The second-order valence-corrected chi connectivity index (χ2v) is 4.13. The molecule has 0 unspecified atom stereocenters. The third kappa shape index (κ3) is 1.35. The topological polar surface area (TPSA) is 43.8 Å². The smallest absolute Gasteiger partial charge is 0.159 e. The number of rotatable bonds is 1. The fraction of sp³-hybridized carbons (Fsp3) is 0.625. The van der Waals surface area contributed by atoms with Gasteiger partial charge in [0, 0.05) is 6.20 Å². The fourth-order valence-electron chi connectivity index (χ4n) is 1.74. The van der Waals surface area contributed by atoms with Gasteiger partial charge in [0.2, 0.25) is 0 Å². The molecule has 12 heavy (non-hydrogen) atoms. The largest absolute Gasteiger partial charge is 0.381 e. The molecule has 0 bridgehead atoms. The van der Waals surface area contributed by atoms with Gasteiger partial charge in [0.15, 0.2) is 5.82 Å². The molecule has 2 N–H and O–H groups in total. The molecule has 1 heterocycles. The number of nitrogens with zero attached hydrogens (tertiary/aromatic N) is 2. The second kappa shape index (κ2) is 3.09. The maximum atomic E-state index is 5.63. The minimum absolute atomic E-state index is 0.582. The molecule has 66 valence electrons. The van der Waals surface area contributed by atoms with E-state index in [4.69, 9.17) is 5.73 Å². The molecule has 2 rings (SSSR count). The van der Waals surface area contributed by atoms with Crippen LogP contribution in [0.1, 0.15) is 31.7 Å². The van der Waals surface area contributed by atoms with E-state index in [0.717, 1.165) is 4.47 Å². The van der Waals surface area contributed by atoms with Crippen molar-refractivity contribution < 1.29 is 0 Å². The van der Waals surface area contributed by atoms with Crippen LogP contribution >= 0.6 is 15.9 Å². The van der Waals surface area contributed by atoms with Crippen molar-refractivity contribution in [2.75, 3.05) is 5.73 Å². The van der Waals surface area contributed by atoms with Gasteiger partial charge in [0.1, 0.15) is 0 Å². The van der Waals surface area contributed by atoms with Crippen molar-refractivity contribution in [1.29, 1.82) is 0 Å². The number of halogens is 1. The van der Waals surface area contributed by atoms with Gasteiger partial charge >= 0.3 is 0 Å². The van der Waals surface area contributed by atoms with E-state index in [1.165, 1.54) is 25.7 Å². The molecule has 0 aliphatic heterocycles. The Morgan fingerprint density at radius 1 is 1.50 bits per heavy atom. The van der Waals surface area contributed by atoms with Gasteiger partial charge in [-0.25, -0.2) is 0 Å². The van der Waals surface area contributed by atoms with Crippen LogP contribution in [0, 0.1) is 0 Å². The lowest BCUT2D eigenvalue weighted by Gasteiger charge is -2.07. The second-order valence-electron chi connectivity index (χ2n) is 3.28. The zero-order valence-electron chi connectivity index (χ0n) is 6.83. The molecule has 0 radical (unpaired) electrons. The lowest BCUT2D eigenvalue weighted by Crippen LogP contribution is -2.05. The van der Waals surface area contributed by atoms with Crippen LogP contribution in [0.25, 0.3) is 0 Å². The normalized spacial score (nSPS) is 18.8. The van der Waals surface area contributed by atoms with Crippen LogP contribution in [0.4, 0.5) is 5.82 Å². The van der Waals surface area contributed by atoms with Gasteiger partial charge in [-0.05, 0) is 28.8 Å². The SMILES string of the molecule is Nc1nn(C2CCCC2)cc1Br. The predicted molar refractivity (Wildman–Crippen MR) is 51.8 cm³/mol. The number of aromatic nitrogens is 2. The summed E-state index contributed by atoms with van der Waals surface area (Å²) in [5, 5.41) is 4.24. The highest BCUT2D eigenvalue weighted by Gasteiger charge is 2.18. The van der Waals surface area contributed by atoms with E-state index in [9.17, 15) is 0 Å². The molecule has 0 spiro atoms. The van der Waals surface area contributed by atoms with E-state index in [-0.39, 0.29) is 0 Å². The molecule has 0 saturated heterocycles. The first-order chi connectivity index (χ1) is 5.77. The summed E-state index contributed by atoms with van der Waals surface area (Å²) in [4.78, 5) is 0. The van der Waals surface area contributed by atoms with Crippen LogP contribution in [0.5, 0.6) is 0 Å². The van der Waals surface area contributed by atoms with Crippen LogP contribution in [0.15, 0.2) is 10.7 Å². The molecule has 1 aromatic heterocycles. The predicted octanol–water partition coefficient (Wildman–Crippen LogP) is 2.34. The highest BCUT2D eigenvalue weighted by atomic mass is 79.9. The summed E-state index contributed by atoms with van der Waals surface area (Å²) in [6, 6.07) is 0.582.